The van der Waals surface area contributed by atoms with Crippen LogP contribution in [0.15, 0.2) is 42.5 Å². The molecular formula is C21H19Cl2N3O4. The average molecular weight is 448 g/mol. The summed E-state index contributed by atoms with van der Waals surface area (Å²) in [5.74, 6) is -0.389. The van der Waals surface area contributed by atoms with Gasteiger partial charge in [-0.15, -0.1) is 0 Å². The molecular weight excluding hydrogens is 429 g/mol. The van der Waals surface area contributed by atoms with E-state index >= 15 is 0 Å². The third-order valence-electron chi connectivity index (χ3n) is 5.37. The van der Waals surface area contributed by atoms with Crippen LogP contribution in [-0.2, 0) is 15.1 Å². The zero-order valence-electron chi connectivity index (χ0n) is 16.1. The van der Waals surface area contributed by atoms with Crippen LogP contribution < -0.4 is 15.4 Å². The number of amides is 4. The predicted octanol–water partition coefficient (Wildman–Crippen LogP) is 3.40. The number of rotatable bonds is 4. The Labute approximate surface area is 183 Å². The molecule has 4 rings (SSSR count). The molecule has 2 aromatic carbocycles. The van der Waals surface area contributed by atoms with Crippen molar-refractivity contribution in [3.63, 3.8) is 0 Å². The summed E-state index contributed by atoms with van der Waals surface area (Å²) in [6, 6.07) is 11.0. The summed E-state index contributed by atoms with van der Waals surface area (Å²) in [6.07, 6.45) is 0.295. The second-order valence-corrected chi connectivity index (χ2v) is 8.12. The van der Waals surface area contributed by atoms with Crippen LogP contribution in [0.25, 0.3) is 0 Å². The fourth-order valence-corrected chi connectivity index (χ4v) is 4.45. The first-order valence-electron chi connectivity index (χ1n) is 9.42. The Kier molecular flexibility index (Phi) is 5.34. The molecule has 156 valence electrons. The van der Waals surface area contributed by atoms with Gasteiger partial charge in [0.05, 0.1) is 12.6 Å². The van der Waals surface area contributed by atoms with Crippen LogP contribution in [0.4, 0.5) is 4.79 Å². The highest BCUT2D eigenvalue weighted by atomic mass is 35.5. The van der Waals surface area contributed by atoms with Gasteiger partial charge in [-0.25, -0.2) is 4.79 Å². The summed E-state index contributed by atoms with van der Waals surface area (Å²) >= 11 is 12.1. The van der Waals surface area contributed by atoms with Crippen LogP contribution in [0.5, 0.6) is 5.75 Å². The normalized spacial score (nSPS) is 21.1. The van der Waals surface area contributed by atoms with Gasteiger partial charge < -0.3 is 15.4 Å². The monoisotopic (exact) mass is 447 g/mol. The highest BCUT2D eigenvalue weighted by Crippen LogP contribution is 2.40. The van der Waals surface area contributed by atoms with Gasteiger partial charge in [0.1, 0.15) is 12.3 Å². The number of carbonyl (C=O) groups is 3. The minimum atomic E-state index is -1.21. The van der Waals surface area contributed by atoms with Crippen LogP contribution in [-0.4, -0.2) is 35.9 Å². The molecule has 1 spiro atoms. The van der Waals surface area contributed by atoms with Gasteiger partial charge in [-0.3, -0.25) is 14.5 Å². The highest BCUT2D eigenvalue weighted by molar-refractivity contribution is 6.35. The smallest absolute Gasteiger partial charge is 0.325 e. The zero-order chi connectivity index (χ0) is 21.5. The van der Waals surface area contributed by atoms with E-state index in [4.69, 9.17) is 27.9 Å². The Balaban J connectivity index is 1.50. The molecule has 30 heavy (non-hydrogen) atoms. The number of nitrogens with one attached hydrogen (secondary N) is 2. The van der Waals surface area contributed by atoms with Crippen molar-refractivity contribution in [2.45, 2.75) is 24.9 Å². The van der Waals surface area contributed by atoms with Crippen molar-refractivity contribution in [3.8, 4) is 5.75 Å². The van der Waals surface area contributed by atoms with Gasteiger partial charge in [0.25, 0.3) is 5.91 Å². The number of urea groups is 1. The summed E-state index contributed by atoms with van der Waals surface area (Å²) < 4.78 is 5.61. The number of carbonyl (C=O) groups excluding carboxylic acids is 3. The van der Waals surface area contributed by atoms with Gasteiger partial charge in [-0.05, 0) is 30.7 Å². The number of hydrogen-bond acceptors (Lipinski definition) is 4. The van der Waals surface area contributed by atoms with Gasteiger partial charge in [-0.2, -0.15) is 0 Å². The fraction of sp³-hybridized carbons (Fsp3) is 0.286. The molecule has 2 aliphatic rings. The summed E-state index contributed by atoms with van der Waals surface area (Å²) in [5.41, 5.74) is 0.0670. The topological polar surface area (TPSA) is 87.7 Å². The molecule has 2 unspecified atom stereocenters. The maximum absolute atomic E-state index is 13.2. The Morgan fingerprint density at radius 1 is 1.27 bits per heavy atom. The van der Waals surface area contributed by atoms with E-state index in [1.807, 2.05) is 0 Å². The quantitative estimate of drug-likeness (QED) is 0.702. The van der Waals surface area contributed by atoms with Crippen LogP contribution in [0.1, 0.15) is 30.5 Å². The van der Waals surface area contributed by atoms with Crippen molar-refractivity contribution >= 4 is 41.0 Å². The molecule has 2 atom stereocenters. The van der Waals surface area contributed by atoms with Crippen molar-refractivity contribution in [1.82, 2.24) is 15.5 Å². The van der Waals surface area contributed by atoms with E-state index in [0.29, 0.717) is 33.3 Å². The average Bonchev–Trinajstić information content (AvgIpc) is 2.93. The number of hydrogen-bond donors (Lipinski definition) is 2. The first kappa shape index (κ1) is 20.5. The Bertz CT molecular complexity index is 1040. The summed E-state index contributed by atoms with van der Waals surface area (Å²) in [5, 5.41) is 6.45. The van der Waals surface area contributed by atoms with Crippen LogP contribution in [0.2, 0.25) is 10.0 Å². The third kappa shape index (κ3) is 3.48. The maximum atomic E-state index is 13.2. The minimum absolute atomic E-state index is 0.287. The van der Waals surface area contributed by atoms with Crippen LogP contribution in [0, 0.1) is 0 Å². The summed E-state index contributed by atoms with van der Waals surface area (Å²) in [6.45, 7) is 1.65. The van der Waals surface area contributed by atoms with Gasteiger partial charge in [0.15, 0.2) is 5.54 Å². The second kappa shape index (κ2) is 7.81. The SMILES string of the molecule is CC(NC(=O)CN1C(=O)NC2(CCOc3ccccc32)C1=O)c1ccc(Cl)cc1Cl. The number of imide groups is 1. The molecule has 2 aromatic rings. The number of nitrogens with zero attached hydrogens (tertiary/aromatic N) is 1. The third-order valence-corrected chi connectivity index (χ3v) is 5.93. The molecule has 0 aromatic heterocycles. The highest BCUT2D eigenvalue weighted by Gasteiger charge is 2.55. The number of para-hydroxylation sites is 1. The lowest BCUT2D eigenvalue weighted by atomic mass is 9.84. The lowest BCUT2D eigenvalue weighted by Gasteiger charge is -2.33. The van der Waals surface area contributed by atoms with E-state index in [1.165, 1.54) is 0 Å². The van der Waals surface area contributed by atoms with Crippen molar-refractivity contribution in [2.75, 3.05) is 13.2 Å². The molecule has 1 fully saturated rings. The van der Waals surface area contributed by atoms with E-state index < -0.39 is 36.0 Å². The molecule has 0 aliphatic carbocycles. The standard InChI is InChI=1S/C21H19Cl2N3O4/c1-12(14-7-6-13(22)10-16(14)23)24-18(27)11-26-19(28)21(25-20(26)29)8-9-30-17-5-3-2-4-15(17)21/h2-7,10,12H,8-9,11H2,1H3,(H,24,27)(H,25,29). The van der Waals surface area contributed by atoms with Crippen molar-refractivity contribution in [1.29, 1.82) is 0 Å². The Hall–Kier alpha value is -2.77. The molecule has 2 N–H and O–H groups in total. The number of ether oxygens (including phenoxy) is 1. The van der Waals surface area contributed by atoms with Gasteiger partial charge in [0, 0.05) is 22.0 Å². The summed E-state index contributed by atoms with van der Waals surface area (Å²) in [4.78, 5) is 39.3. The van der Waals surface area contributed by atoms with Crippen LogP contribution >= 0.6 is 23.2 Å². The number of benzene rings is 2. The molecule has 7 nitrogen and oxygen atoms in total. The second-order valence-electron chi connectivity index (χ2n) is 7.28. The van der Waals surface area contributed by atoms with Crippen molar-refractivity contribution < 1.29 is 19.1 Å². The van der Waals surface area contributed by atoms with Crippen molar-refractivity contribution in [3.05, 3.63) is 63.6 Å². The van der Waals surface area contributed by atoms with E-state index in [1.54, 1.807) is 49.4 Å². The molecule has 2 aliphatic heterocycles. The minimum Gasteiger partial charge on any atom is -0.493 e. The Morgan fingerprint density at radius 3 is 2.80 bits per heavy atom. The molecule has 4 amide bonds. The maximum Gasteiger partial charge on any atom is 0.325 e. The van der Waals surface area contributed by atoms with Crippen molar-refractivity contribution in [2.24, 2.45) is 0 Å². The number of fused-ring (bicyclic) bond motifs is 2. The van der Waals surface area contributed by atoms with E-state index in [9.17, 15) is 14.4 Å². The van der Waals surface area contributed by atoms with E-state index in [0.717, 1.165) is 4.90 Å². The molecule has 1 saturated heterocycles. The molecule has 0 bridgehead atoms. The molecule has 9 heteroatoms. The molecule has 0 saturated carbocycles. The zero-order valence-corrected chi connectivity index (χ0v) is 17.6. The largest absolute Gasteiger partial charge is 0.493 e. The van der Waals surface area contributed by atoms with E-state index in [2.05, 4.69) is 10.6 Å². The lowest BCUT2D eigenvalue weighted by Crippen LogP contribution is -2.48. The number of halogens is 2. The summed E-state index contributed by atoms with van der Waals surface area (Å²) in [7, 11) is 0. The molecule has 2 heterocycles. The predicted molar refractivity (Wildman–Crippen MR) is 111 cm³/mol. The lowest BCUT2D eigenvalue weighted by molar-refractivity contribution is -0.136. The van der Waals surface area contributed by atoms with Gasteiger partial charge in [0.2, 0.25) is 5.91 Å². The fourth-order valence-electron chi connectivity index (χ4n) is 3.88. The van der Waals surface area contributed by atoms with Gasteiger partial charge >= 0.3 is 6.03 Å². The van der Waals surface area contributed by atoms with E-state index in [-0.39, 0.29) is 6.61 Å². The first-order valence-corrected chi connectivity index (χ1v) is 10.2. The van der Waals surface area contributed by atoms with Crippen LogP contribution in [0.3, 0.4) is 0 Å². The Morgan fingerprint density at radius 2 is 2.03 bits per heavy atom. The first-order chi connectivity index (χ1) is 14.3. The van der Waals surface area contributed by atoms with Gasteiger partial charge in [-0.1, -0.05) is 47.5 Å². The molecule has 0 radical (unpaired) electrons.